The summed E-state index contributed by atoms with van der Waals surface area (Å²) in [6.45, 7) is 4.81. The van der Waals surface area contributed by atoms with Crippen LogP contribution in [0.2, 0.25) is 0 Å². The molecule has 3 aliphatic carbocycles. The summed E-state index contributed by atoms with van der Waals surface area (Å²) < 4.78 is 0. The lowest BCUT2D eigenvalue weighted by molar-refractivity contribution is 0.593. The van der Waals surface area contributed by atoms with Crippen molar-refractivity contribution in [1.29, 1.82) is 0 Å². The Labute approximate surface area is 305 Å². The van der Waals surface area contributed by atoms with Crippen molar-refractivity contribution in [1.82, 2.24) is 20.3 Å². The maximum atomic E-state index is 5.08. The van der Waals surface area contributed by atoms with Crippen molar-refractivity contribution >= 4 is 0 Å². The Morgan fingerprint density at radius 1 is 0.558 bits per heavy atom. The summed E-state index contributed by atoms with van der Waals surface area (Å²) in [4.78, 5) is 15.1. The van der Waals surface area contributed by atoms with Crippen LogP contribution in [0.3, 0.4) is 0 Å². The van der Waals surface area contributed by atoms with Gasteiger partial charge in [0.25, 0.3) is 0 Å². The number of hydrogen-bond donors (Lipinski definition) is 1. The van der Waals surface area contributed by atoms with Crippen LogP contribution in [0.15, 0.2) is 175 Å². The van der Waals surface area contributed by atoms with Crippen LogP contribution < -0.4 is 5.32 Å². The van der Waals surface area contributed by atoms with Crippen LogP contribution in [-0.2, 0) is 5.41 Å². The van der Waals surface area contributed by atoms with E-state index in [0.29, 0.717) is 35.4 Å². The van der Waals surface area contributed by atoms with Crippen molar-refractivity contribution in [2.24, 2.45) is 5.92 Å². The molecule has 10 rings (SSSR count). The number of rotatable bonds is 5. The van der Waals surface area contributed by atoms with Gasteiger partial charge in [-0.1, -0.05) is 166 Å². The van der Waals surface area contributed by atoms with Crippen LogP contribution in [0, 0.1) is 5.92 Å². The topological polar surface area (TPSA) is 50.7 Å². The van der Waals surface area contributed by atoms with Crippen LogP contribution in [-0.4, -0.2) is 21.0 Å². The highest BCUT2D eigenvalue weighted by atomic mass is 15.0. The molecular formula is C48H38N4. The third kappa shape index (κ3) is 5.01. The van der Waals surface area contributed by atoms with Crippen molar-refractivity contribution in [3.63, 3.8) is 0 Å². The lowest BCUT2D eigenvalue weighted by Crippen LogP contribution is -2.27. The van der Waals surface area contributed by atoms with Crippen LogP contribution in [0.1, 0.15) is 37.3 Å². The third-order valence-corrected chi connectivity index (χ3v) is 11.4. The zero-order valence-corrected chi connectivity index (χ0v) is 29.3. The smallest absolute Gasteiger partial charge is 0.164 e. The van der Waals surface area contributed by atoms with Gasteiger partial charge in [0.15, 0.2) is 17.5 Å². The number of allylic oxidation sites excluding steroid dienone is 5. The number of nitrogens with zero attached hydrogens (tertiary/aromatic N) is 3. The first kappa shape index (κ1) is 30.7. The predicted octanol–water partition coefficient (Wildman–Crippen LogP) is 10.9. The molecule has 0 saturated carbocycles. The molecule has 3 atom stereocenters. The van der Waals surface area contributed by atoms with Gasteiger partial charge >= 0.3 is 0 Å². The fourth-order valence-corrected chi connectivity index (χ4v) is 8.87. The van der Waals surface area contributed by atoms with Crippen LogP contribution in [0.25, 0.3) is 56.4 Å². The Balaban J connectivity index is 1.03. The molecule has 1 aliphatic heterocycles. The van der Waals surface area contributed by atoms with Gasteiger partial charge in [-0.2, -0.15) is 0 Å². The van der Waals surface area contributed by atoms with E-state index in [-0.39, 0.29) is 5.41 Å². The molecule has 5 aromatic carbocycles. The minimum Gasteiger partial charge on any atom is -0.378 e. The highest BCUT2D eigenvalue weighted by Gasteiger charge is 2.48. The van der Waals surface area contributed by atoms with E-state index < -0.39 is 0 Å². The van der Waals surface area contributed by atoms with Crippen molar-refractivity contribution in [2.45, 2.75) is 37.6 Å². The fraction of sp³-hybridized carbons (Fsp3) is 0.146. The van der Waals surface area contributed by atoms with Crippen LogP contribution >= 0.6 is 0 Å². The first-order valence-electron chi connectivity index (χ1n) is 18.3. The predicted molar refractivity (Wildman–Crippen MR) is 211 cm³/mol. The standard InChI is InChI=1S/C48H38N4/c1-48(2)41-27-24-35(29-40(41)38-25-26-39-37-18-9-10-19-42(37)49-44(39)43(38)48)34-16-11-17-36(28-34)47-51-45(32-14-7-4-8-15-32)50-46(52-47)33-22-20-31(21-23-33)30-12-5-3-6-13-30/h3-24,26-29,37-38,42,49H,25H2,1-2H3. The molecule has 1 fully saturated rings. The van der Waals surface area contributed by atoms with E-state index in [4.69, 9.17) is 15.0 Å². The molecule has 6 aromatic rings. The fourth-order valence-electron chi connectivity index (χ4n) is 8.87. The molecule has 1 N–H and O–H groups in total. The maximum Gasteiger partial charge on any atom is 0.164 e. The minimum absolute atomic E-state index is 0.0441. The van der Waals surface area contributed by atoms with Crippen LogP contribution in [0.5, 0.6) is 0 Å². The highest BCUT2D eigenvalue weighted by molar-refractivity contribution is 5.76. The van der Waals surface area contributed by atoms with Gasteiger partial charge in [0.05, 0.1) is 6.04 Å². The molecule has 0 bridgehead atoms. The zero-order chi connectivity index (χ0) is 34.8. The molecule has 0 amide bonds. The zero-order valence-electron chi connectivity index (χ0n) is 29.3. The largest absolute Gasteiger partial charge is 0.378 e. The Morgan fingerprint density at radius 2 is 1.12 bits per heavy atom. The van der Waals surface area contributed by atoms with E-state index >= 15 is 0 Å². The Bertz CT molecular complexity index is 2490. The molecule has 250 valence electrons. The number of fused-ring (bicyclic) bond motifs is 6. The quantitative estimate of drug-likeness (QED) is 0.198. The van der Waals surface area contributed by atoms with Crippen molar-refractivity contribution in [3.05, 3.63) is 186 Å². The molecule has 4 nitrogen and oxygen atoms in total. The Hall–Kier alpha value is -6.13. The Morgan fingerprint density at radius 3 is 1.87 bits per heavy atom. The molecule has 0 spiro atoms. The second-order valence-electron chi connectivity index (χ2n) is 14.8. The number of benzene rings is 5. The summed E-state index contributed by atoms with van der Waals surface area (Å²) in [7, 11) is 0. The lowest BCUT2D eigenvalue weighted by Gasteiger charge is -2.29. The average molecular weight is 671 g/mol. The summed E-state index contributed by atoms with van der Waals surface area (Å²) in [5.41, 5.74) is 14.8. The number of nitrogens with one attached hydrogen (secondary N) is 1. The molecular weight excluding hydrogens is 633 g/mol. The lowest BCUT2D eigenvalue weighted by atomic mass is 9.75. The van der Waals surface area contributed by atoms with Gasteiger partial charge in [0, 0.05) is 39.6 Å². The van der Waals surface area contributed by atoms with Gasteiger partial charge < -0.3 is 5.32 Å². The Kier molecular flexibility index (Phi) is 7.07. The summed E-state index contributed by atoms with van der Waals surface area (Å²) >= 11 is 0. The first-order valence-corrected chi connectivity index (χ1v) is 18.3. The van der Waals surface area contributed by atoms with Crippen molar-refractivity contribution in [3.8, 4) is 56.4 Å². The summed E-state index contributed by atoms with van der Waals surface area (Å²) in [5.74, 6) is 2.78. The van der Waals surface area contributed by atoms with Crippen molar-refractivity contribution in [2.75, 3.05) is 0 Å². The number of hydrogen-bond acceptors (Lipinski definition) is 4. The molecule has 1 aromatic heterocycles. The monoisotopic (exact) mass is 670 g/mol. The minimum atomic E-state index is -0.0441. The SMILES string of the molecule is CC1(C)C2=C3NC4C=CC=CC4C3=CCC2c2cc(-c3cccc(-c4nc(-c5ccccc5)nc(-c5ccc(-c6ccccc6)cc5)n4)c3)ccc21. The molecule has 1 saturated heterocycles. The second-order valence-corrected chi connectivity index (χ2v) is 14.8. The summed E-state index contributed by atoms with van der Waals surface area (Å²) in [6, 6.07) is 45.2. The highest BCUT2D eigenvalue weighted by Crippen LogP contribution is 2.57. The van der Waals surface area contributed by atoms with E-state index in [1.54, 1.807) is 5.57 Å². The van der Waals surface area contributed by atoms with E-state index in [1.165, 1.54) is 33.5 Å². The van der Waals surface area contributed by atoms with Gasteiger partial charge in [-0.15, -0.1) is 0 Å². The molecule has 4 heteroatoms. The summed E-state index contributed by atoms with van der Waals surface area (Å²) in [5, 5.41) is 3.93. The molecule has 0 radical (unpaired) electrons. The van der Waals surface area contributed by atoms with Crippen molar-refractivity contribution < 1.29 is 0 Å². The van der Waals surface area contributed by atoms with E-state index in [9.17, 15) is 0 Å². The molecule has 4 aliphatic rings. The maximum absolute atomic E-state index is 5.08. The average Bonchev–Trinajstić information content (AvgIpc) is 3.70. The molecule has 2 heterocycles. The van der Waals surface area contributed by atoms with E-state index in [0.717, 1.165) is 34.2 Å². The normalized spacial score (nSPS) is 20.4. The number of aromatic nitrogens is 3. The first-order chi connectivity index (χ1) is 25.5. The molecule has 3 unspecified atom stereocenters. The van der Waals surface area contributed by atoms with E-state index in [2.05, 4.69) is 153 Å². The molecule has 52 heavy (non-hydrogen) atoms. The van der Waals surface area contributed by atoms with Crippen LogP contribution in [0.4, 0.5) is 0 Å². The second kappa shape index (κ2) is 12.0. The van der Waals surface area contributed by atoms with Gasteiger partial charge in [-0.25, -0.2) is 15.0 Å². The van der Waals surface area contributed by atoms with Gasteiger partial charge in [0.1, 0.15) is 0 Å². The van der Waals surface area contributed by atoms with Gasteiger partial charge in [0.2, 0.25) is 0 Å². The van der Waals surface area contributed by atoms with Gasteiger partial charge in [-0.05, 0) is 57.0 Å². The third-order valence-electron chi connectivity index (χ3n) is 11.4. The summed E-state index contributed by atoms with van der Waals surface area (Å²) in [6.07, 6.45) is 12.6. The van der Waals surface area contributed by atoms with Gasteiger partial charge in [-0.3, -0.25) is 0 Å². The van der Waals surface area contributed by atoms with E-state index in [1.807, 2.05) is 24.3 Å².